The van der Waals surface area contributed by atoms with Crippen LogP contribution in [0.2, 0.25) is 0 Å². The van der Waals surface area contributed by atoms with Gasteiger partial charge in [0.15, 0.2) is 0 Å². The molecule has 0 spiro atoms. The van der Waals surface area contributed by atoms with Crippen LogP contribution in [0.3, 0.4) is 0 Å². The molecule has 0 radical (unpaired) electrons. The fourth-order valence-electron chi connectivity index (χ4n) is 2.14. The lowest BCUT2D eigenvalue weighted by atomic mass is 10.0. The summed E-state index contributed by atoms with van der Waals surface area (Å²) in [7, 11) is 0. The number of phenols is 1. The Morgan fingerprint density at radius 3 is 2.94 bits per heavy atom. The first-order valence-corrected chi connectivity index (χ1v) is 6.95. The molecule has 1 aliphatic rings. The molecule has 1 atom stereocenters. The van der Waals surface area contributed by atoms with Gasteiger partial charge in [-0.15, -0.1) is 11.8 Å². The first kappa shape index (κ1) is 11.5. The molecule has 18 heavy (non-hydrogen) atoms. The first-order valence-electron chi connectivity index (χ1n) is 5.96. The van der Waals surface area contributed by atoms with Crippen LogP contribution in [0, 0.1) is 0 Å². The summed E-state index contributed by atoms with van der Waals surface area (Å²) in [4.78, 5) is 1.36. The van der Waals surface area contributed by atoms with E-state index < -0.39 is 0 Å². The van der Waals surface area contributed by atoms with Gasteiger partial charge in [-0.25, -0.2) is 0 Å². The van der Waals surface area contributed by atoms with E-state index in [1.807, 2.05) is 17.8 Å². The third kappa shape index (κ3) is 2.31. The number of phenolic OH excluding ortho intramolecular Hbond substituents is 1. The third-order valence-electron chi connectivity index (χ3n) is 3.07. The van der Waals surface area contributed by atoms with Gasteiger partial charge >= 0.3 is 0 Å². The molecule has 0 saturated carbocycles. The van der Waals surface area contributed by atoms with E-state index in [2.05, 4.69) is 24.3 Å². The number of rotatable bonds is 3. The van der Waals surface area contributed by atoms with Crippen molar-refractivity contribution in [3.05, 3.63) is 54.1 Å². The average molecular weight is 258 g/mol. The molecule has 1 heterocycles. The molecule has 0 saturated heterocycles. The Hall–Kier alpha value is -1.61. The molecular weight excluding hydrogens is 244 g/mol. The summed E-state index contributed by atoms with van der Waals surface area (Å²) in [6.07, 6.45) is 0. The van der Waals surface area contributed by atoms with Crippen LogP contribution in [0.15, 0.2) is 53.4 Å². The quantitative estimate of drug-likeness (QED) is 0.911. The zero-order valence-electron chi connectivity index (χ0n) is 9.87. The molecule has 2 aromatic rings. The van der Waals surface area contributed by atoms with Crippen LogP contribution in [0.5, 0.6) is 11.5 Å². The monoisotopic (exact) mass is 258 g/mol. The smallest absolute Gasteiger partial charge is 0.123 e. The molecule has 0 amide bonds. The van der Waals surface area contributed by atoms with E-state index >= 15 is 0 Å². The summed E-state index contributed by atoms with van der Waals surface area (Å²) < 4.78 is 5.75. The van der Waals surface area contributed by atoms with Crippen LogP contribution >= 0.6 is 11.8 Å². The van der Waals surface area contributed by atoms with Gasteiger partial charge in [-0.3, -0.25) is 0 Å². The van der Waals surface area contributed by atoms with Gasteiger partial charge in [-0.05, 0) is 23.8 Å². The fraction of sp³-hybridized carbons (Fsp3) is 0.200. The van der Waals surface area contributed by atoms with Gasteiger partial charge in [-0.1, -0.05) is 24.3 Å². The summed E-state index contributed by atoms with van der Waals surface area (Å²) in [5.74, 6) is 2.48. The summed E-state index contributed by atoms with van der Waals surface area (Å²) in [5.41, 5.74) is 1.38. The minimum absolute atomic E-state index is 0.244. The lowest BCUT2D eigenvalue weighted by Gasteiger charge is -2.12. The van der Waals surface area contributed by atoms with E-state index in [9.17, 15) is 5.11 Å². The summed E-state index contributed by atoms with van der Waals surface area (Å²) >= 11 is 1.88. The van der Waals surface area contributed by atoms with Gasteiger partial charge in [0.1, 0.15) is 11.5 Å². The molecule has 1 unspecified atom stereocenters. The Bertz CT molecular complexity index is 554. The second-order valence-corrected chi connectivity index (χ2v) is 5.42. The van der Waals surface area contributed by atoms with E-state index in [0.717, 1.165) is 11.5 Å². The molecule has 0 aliphatic carbocycles. The molecule has 3 heteroatoms. The minimum Gasteiger partial charge on any atom is -0.508 e. The Morgan fingerprint density at radius 2 is 2.06 bits per heavy atom. The standard InChI is InChI=1S/C15H14O2S/c16-12-4-3-5-13(8-12)17-9-11-10-18-15-7-2-1-6-14(11)15/h1-8,11,16H,9-10H2. The van der Waals surface area contributed by atoms with Crippen LogP contribution < -0.4 is 4.74 Å². The van der Waals surface area contributed by atoms with Crippen LogP contribution in [0.1, 0.15) is 11.5 Å². The fourth-order valence-corrected chi connectivity index (χ4v) is 3.37. The highest BCUT2D eigenvalue weighted by atomic mass is 32.2. The van der Waals surface area contributed by atoms with E-state index in [1.165, 1.54) is 10.5 Å². The van der Waals surface area contributed by atoms with Gasteiger partial charge in [0, 0.05) is 22.6 Å². The summed E-state index contributed by atoms with van der Waals surface area (Å²) in [5, 5.41) is 9.38. The normalized spacial score (nSPS) is 17.4. The zero-order chi connectivity index (χ0) is 12.4. The third-order valence-corrected chi connectivity index (χ3v) is 4.32. The maximum atomic E-state index is 9.38. The molecule has 0 aromatic heterocycles. The molecule has 92 valence electrons. The molecule has 3 rings (SSSR count). The highest BCUT2D eigenvalue weighted by Crippen LogP contribution is 2.39. The second-order valence-electron chi connectivity index (χ2n) is 4.35. The van der Waals surface area contributed by atoms with E-state index in [0.29, 0.717) is 12.5 Å². The number of ether oxygens (including phenoxy) is 1. The van der Waals surface area contributed by atoms with Gasteiger partial charge < -0.3 is 9.84 Å². The molecule has 1 aliphatic heterocycles. The van der Waals surface area contributed by atoms with Gasteiger partial charge in [0.2, 0.25) is 0 Å². The maximum Gasteiger partial charge on any atom is 0.123 e. The zero-order valence-corrected chi connectivity index (χ0v) is 10.7. The SMILES string of the molecule is Oc1cccc(OCC2CSc3ccccc32)c1. The van der Waals surface area contributed by atoms with Crippen molar-refractivity contribution in [2.75, 3.05) is 12.4 Å². The Labute approximate surface area is 111 Å². The van der Waals surface area contributed by atoms with Crippen molar-refractivity contribution in [1.29, 1.82) is 0 Å². The first-order chi connectivity index (χ1) is 8.83. The molecule has 1 N–H and O–H groups in total. The number of hydrogen-bond acceptors (Lipinski definition) is 3. The van der Waals surface area contributed by atoms with Crippen molar-refractivity contribution in [2.24, 2.45) is 0 Å². The molecule has 2 aromatic carbocycles. The Morgan fingerprint density at radius 1 is 1.17 bits per heavy atom. The number of aromatic hydroxyl groups is 1. The highest BCUT2D eigenvalue weighted by Gasteiger charge is 2.23. The van der Waals surface area contributed by atoms with Crippen LogP contribution in [0.4, 0.5) is 0 Å². The Kier molecular flexibility index (Phi) is 3.15. The van der Waals surface area contributed by atoms with Gasteiger partial charge in [0.05, 0.1) is 6.61 Å². The average Bonchev–Trinajstić information content (AvgIpc) is 2.80. The number of thioether (sulfide) groups is 1. The number of fused-ring (bicyclic) bond motifs is 1. The topological polar surface area (TPSA) is 29.5 Å². The van der Waals surface area contributed by atoms with Crippen LogP contribution in [0.25, 0.3) is 0 Å². The molecule has 0 bridgehead atoms. The minimum atomic E-state index is 0.244. The maximum absolute atomic E-state index is 9.38. The highest BCUT2D eigenvalue weighted by molar-refractivity contribution is 7.99. The van der Waals surface area contributed by atoms with Crippen molar-refractivity contribution in [2.45, 2.75) is 10.8 Å². The molecule has 2 nitrogen and oxygen atoms in total. The lowest BCUT2D eigenvalue weighted by molar-refractivity contribution is 0.296. The van der Waals surface area contributed by atoms with Crippen molar-refractivity contribution in [1.82, 2.24) is 0 Å². The van der Waals surface area contributed by atoms with Crippen molar-refractivity contribution in [3.8, 4) is 11.5 Å². The van der Waals surface area contributed by atoms with Crippen LogP contribution in [-0.2, 0) is 0 Å². The number of hydrogen-bond donors (Lipinski definition) is 1. The molecular formula is C15H14O2S. The number of benzene rings is 2. The van der Waals surface area contributed by atoms with Gasteiger partial charge in [-0.2, -0.15) is 0 Å². The molecule has 0 fully saturated rings. The van der Waals surface area contributed by atoms with E-state index in [1.54, 1.807) is 18.2 Å². The predicted molar refractivity (Wildman–Crippen MR) is 73.5 cm³/mol. The van der Waals surface area contributed by atoms with E-state index in [4.69, 9.17) is 4.74 Å². The summed E-state index contributed by atoms with van der Waals surface area (Å²) in [6.45, 7) is 0.660. The van der Waals surface area contributed by atoms with Crippen molar-refractivity contribution < 1.29 is 9.84 Å². The largest absolute Gasteiger partial charge is 0.508 e. The van der Waals surface area contributed by atoms with E-state index in [-0.39, 0.29) is 5.75 Å². The predicted octanol–water partition coefficient (Wildman–Crippen LogP) is 3.66. The summed E-state index contributed by atoms with van der Waals surface area (Å²) in [6, 6.07) is 15.4. The lowest BCUT2D eigenvalue weighted by Crippen LogP contribution is -2.09. The van der Waals surface area contributed by atoms with Crippen LogP contribution in [-0.4, -0.2) is 17.5 Å². The van der Waals surface area contributed by atoms with Crippen molar-refractivity contribution in [3.63, 3.8) is 0 Å². The van der Waals surface area contributed by atoms with Crippen molar-refractivity contribution >= 4 is 11.8 Å². The second kappa shape index (κ2) is 4.94. The van der Waals surface area contributed by atoms with Gasteiger partial charge in [0.25, 0.3) is 0 Å². The Balaban J connectivity index is 1.69.